The molecule has 0 fully saturated rings. The second kappa shape index (κ2) is 5.37. The lowest BCUT2D eigenvalue weighted by atomic mass is 10.2. The molecular formula is C16H18N2Si. The summed E-state index contributed by atoms with van der Waals surface area (Å²) in [6, 6.07) is 8.02. The highest BCUT2D eigenvalue weighted by atomic mass is 28.3. The summed E-state index contributed by atoms with van der Waals surface area (Å²) in [5.41, 5.74) is 7.25. The summed E-state index contributed by atoms with van der Waals surface area (Å²) in [6.07, 6.45) is 3.68. The minimum atomic E-state index is -1.33. The van der Waals surface area contributed by atoms with Gasteiger partial charge in [0.15, 0.2) is 0 Å². The van der Waals surface area contributed by atoms with Crippen LogP contribution in [0.3, 0.4) is 0 Å². The van der Waals surface area contributed by atoms with E-state index in [0.717, 1.165) is 22.5 Å². The highest BCUT2D eigenvalue weighted by molar-refractivity contribution is 6.83. The lowest BCUT2D eigenvalue weighted by molar-refractivity contribution is 1.22. The van der Waals surface area contributed by atoms with Crippen molar-refractivity contribution in [2.45, 2.75) is 26.6 Å². The van der Waals surface area contributed by atoms with E-state index in [1.54, 1.807) is 0 Å². The van der Waals surface area contributed by atoms with Crippen LogP contribution in [0.2, 0.25) is 19.6 Å². The minimum Gasteiger partial charge on any atom is -0.254 e. The summed E-state index contributed by atoms with van der Waals surface area (Å²) in [5.74, 6) is 3.20. The average Bonchev–Trinajstić information content (AvgIpc) is 2.37. The third-order valence-electron chi connectivity index (χ3n) is 2.52. The Bertz CT molecular complexity index is 611. The van der Waals surface area contributed by atoms with Crippen LogP contribution in [0.15, 0.2) is 36.7 Å². The van der Waals surface area contributed by atoms with Gasteiger partial charge in [0.1, 0.15) is 8.07 Å². The van der Waals surface area contributed by atoms with Gasteiger partial charge < -0.3 is 0 Å². The lowest BCUT2D eigenvalue weighted by Gasteiger charge is -2.03. The van der Waals surface area contributed by atoms with Gasteiger partial charge in [0.25, 0.3) is 0 Å². The molecule has 0 bridgehead atoms. The number of aryl methyl sites for hydroxylation is 1. The van der Waals surface area contributed by atoms with Crippen LogP contribution >= 0.6 is 0 Å². The third kappa shape index (κ3) is 4.04. The molecule has 96 valence electrons. The van der Waals surface area contributed by atoms with Crippen molar-refractivity contribution in [3.63, 3.8) is 0 Å². The molecule has 0 unspecified atom stereocenters. The molecule has 0 aliphatic rings. The Balaban J connectivity index is 2.23. The average molecular weight is 266 g/mol. The van der Waals surface area contributed by atoms with Crippen molar-refractivity contribution >= 4 is 8.07 Å². The van der Waals surface area contributed by atoms with Crippen molar-refractivity contribution < 1.29 is 0 Å². The first-order valence-electron chi connectivity index (χ1n) is 6.36. The van der Waals surface area contributed by atoms with Crippen molar-refractivity contribution in [2.75, 3.05) is 0 Å². The standard InChI is InChI=1S/C16H18N2Si/c1-13-5-7-15(17-11-13)16-8-6-14(12-18-16)9-10-19(2,3)4/h5-8,11-12H,1-4H3. The number of pyridine rings is 2. The van der Waals surface area contributed by atoms with Crippen LogP contribution in [0.5, 0.6) is 0 Å². The predicted molar refractivity (Wildman–Crippen MR) is 82.4 cm³/mol. The fraction of sp³-hybridized carbons (Fsp3) is 0.250. The van der Waals surface area contributed by atoms with E-state index in [1.807, 2.05) is 43.6 Å². The number of nitrogens with zero attached hydrogens (tertiary/aromatic N) is 2. The van der Waals surface area contributed by atoms with Crippen molar-refractivity contribution in [3.8, 4) is 22.9 Å². The van der Waals surface area contributed by atoms with E-state index in [0.29, 0.717) is 0 Å². The van der Waals surface area contributed by atoms with E-state index in [9.17, 15) is 0 Å². The van der Waals surface area contributed by atoms with Gasteiger partial charge in [0, 0.05) is 18.0 Å². The van der Waals surface area contributed by atoms with Crippen molar-refractivity contribution in [2.24, 2.45) is 0 Å². The van der Waals surface area contributed by atoms with Gasteiger partial charge in [-0.1, -0.05) is 31.6 Å². The third-order valence-corrected chi connectivity index (χ3v) is 3.39. The molecule has 0 saturated carbocycles. The van der Waals surface area contributed by atoms with Gasteiger partial charge in [-0.15, -0.1) is 5.54 Å². The molecule has 0 amide bonds. The first-order valence-corrected chi connectivity index (χ1v) is 9.86. The first-order chi connectivity index (χ1) is 8.94. The molecule has 2 aromatic rings. The summed E-state index contributed by atoms with van der Waals surface area (Å²) in [5, 5.41) is 0. The molecule has 0 radical (unpaired) electrons. The molecule has 0 aliphatic carbocycles. The van der Waals surface area contributed by atoms with Gasteiger partial charge in [-0.05, 0) is 30.7 Å². The van der Waals surface area contributed by atoms with E-state index < -0.39 is 8.07 Å². The molecule has 2 rings (SSSR count). The van der Waals surface area contributed by atoms with Crippen LogP contribution < -0.4 is 0 Å². The van der Waals surface area contributed by atoms with E-state index in [1.165, 1.54) is 0 Å². The maximum atomic E-state index is 4.43. The monoisotopic (exact) mass is 266 g/mol. The number of rotatable bonds is 1. The molecule has 0 N–H and O–H groups in total. The topological polar surface area (TPSA) is 25.8 Å². The molecule has 0 atom stereocenters. The van der Waals surface area contributed by atoms with E-state index in [-0.39, 0.29) is 0 Å². The molecule has 2 heterocycles. The molecule has 0 aliphatic heterocycles. The summed E-state index contributed by atoms with van der Waals surface area (Å²) in [7, 11) is -1.33. The largest absolute Gasteiger partial charge is 0.254 e. The second-order valence-electron chi connectivity index (χ2n) is 5.65. The van der Waals surface area contributed by atoms with Crippen molar-refractivity contribution in [3.05, 3.63) is 47.8 Å². The van der Waals surface area contributed by atoms with Gasteiger partial charge >= 0.3 is 0 Å². The quantitative estimate of drug-likeness (QED) is 0.581. The van der Waals surface area contributed by atoms with Crippen LogP contribution in [0.4, 0.5) is 0 Å². The molecule has 0 aromatic carbocycles. The van der Waals surface area contributed by atoms with Gasteiger partial charge in [-0.3, -0.25) is 9.97 Å². The molecule has 2 aromatic heterocycles. The van der Waals surface area contributed by atoms with Crippen LogP contribution in [-0.4, -0.2) is 18.0 Å². The summed E-state index contributed by atoms with van der Waals surface area (Å²) in [4.78, 5) is 8.80. The SMILES string of the molecule is Cc1ccc(-c2ccc(C#C[Si](C)(C)C)cn2)nc1. The Morgan fingerprint density at radius 2 is 1.53 bits per heavy atom. The Kier molecular flexibility index (Phi) is 3.82. The Morgan fingerprint density at radius 3 is 2.00 bits per heavy atom. The van der Waals surface area contributed by atoms with Gasteiger partial charge in [-0.2, -0.15) is 0 Å². The maximum absolute atomic E-state index is 4.43. The normalized spacial score (nSPS) is 10.7. The molecule has 3 heteroatoms. The zero-order chi connectivity index (χ0) is 13.9. The first kappa shape index (κ1) is 13.5. The van der Waals surface area contributed by atoms with Gasteiger partial charge in [0.2, 0.25) is 0 Å². The molecular weight excluding hydrogens is 248 g/mol. The highest BCUT2D eigenvalue weighted by Crippen LogP contribution is 2.14. The molecule has 0 spiro atoms. The smallest absolute Gasteiger partial charge is 0.129 e. The Hall–Kier alpha value is -1.92. The van der Waals surface area contributed by atoms with Crippen LogP contribution in [0.25, 0.3) is 11.4 Å². The number of hydrogen-bond acceptors (Lipinski definition) is 2. The fourth-order valence-corrected chi connectivity index (χ4v) is 2.02. The van der Waals surface area contributed by atoms with Gasteiger partial charge in [0.05, 0.1) is 11.4 Å². The van der Waals surface area contributed by atoms with Crippen LogP contribution in [0.1, 0.15) is 11.1 Å². The summed E-state index contributed by atoms with van der Waals surface area (Å²) < 4.78 is 0. The highest BCUT2D eigenvalue weighted by Gasteiger charge is 2.07. The van der Waals surface area contributed by atoms with Crippen LogP contribution in [-0.2, 0) is 0 Å². The van der Waals surface area contributed by atoms with E-state index in [4.69, 9.17) is 0 Å². The Labute approximate surface area is 115 Å². The molecule has 0 saturated heterocycles. The fourth-order valence-electron chi connectivity index (χ4n) is 1.50. The molecule has 19 heavy (non-hydrogen) atoms. The zero-order valence-corrected chi connectivity index (χ0v) is 12.9. The van der Waals surface area contributed by atoms with Crippen molar-refractivity contribution in [1.82, 2.24) is 9.97 Å². The molecule has 2 nitrogen and oxygen atoms in total. The minimum absolute atomic E-state index is 0.888. The number of aromatic nitrogens is 2. The summed E-state index contributed by atoms with van der Waals surface area (Å²) >= 11 is 0. The lowest BCUT2D eigenvalue weighted by Crippen LogP contribution is -2.16. The summed E-state index contributed by atoms with van der Waals surface area (Å²) in [6.45, 7) is 8.73. The second-order valence-corrected chi connectivity index (χ2v) is 10.4. The van der Waals surface area contributed by atoms with Gasteiger partial charge in [-0.25, -0.2) is 0 Å². The number of hydrogen-bond donors (Lipinski definition) is 0. The Morgan fingerprint density at radius 1 is 0.895 bits per heavy atom. The van der Waals surface area contributed by atoms with Crippen LogP contribution in [0, 0.1) is 18.4 Å². The predicted octanol–water partition coefficient (Wildman–Crippen LogP) is 3.68. The van der Waals surface area contributed by atoms with E-state index in [2.05, 4.69) is 41.1 Å². The van der Waals surface area contributed by atoms with Crippen molar-refractivity contribution in [1.29, 1.82) is 0 Å². The zero-order valence-electron chi connectivity index (χ0n) is 11.9. The maximum Gasteiger partial charge on any atom is 0.129 e. The van der Waals surface area contributed by atoms with E-state index >= 15 is 0 Å².